The highest BCUT2D eigenvalue weighted by atomic mass is 16.7. The average molecular weight is 758 g/mol. The van der Waals surface area contributed by atoms with Gasteiger partial charge in [0.2, 0.25) is 12.2 Å². The average Bonchev–Trinajstić information content (AvgIpc) is 3.10. The lowest BCUT2D eigenvalue weighted by atomic mass is 9.82. The number of allylic oxidation sites excluding steroid dienone is 1. The van der Waals surface area contributed by atoms with Crippen molar-refractivity contribution in [2.45, 2.75) is 142 Å². The fourth-order valence-electron chi connectivity index (χ4n) is 5.38. The van der Waals surface area contributed by atoms with Gasteiger partial charge in [0.05, 0.1) is 18.3 Å². The number of aliphatic carboxylic acids is 2. The standard InChI is InChI=1S/C41H59NO12/c1-6-8-10-13-16-19-32(43)20-17-14-11-12-15-18-21-34(41(51,40(49)50)28-36(44)53-30(5)54-39(48)29(3)4)37(45)42-35(38(46)47)27-31-22-24-33(25-23-31)52-26-9-7-2/h18,21-25,29-30,34-35,51H,6,8,10-17,19-20,26-28H2,1-5H3,(H,42,45)(H,46,47)(H,49,50)/b21-18+/t30?,34-,35+,41+/m1/s1. The second-order valence-corrected chi connectivity index (χ2v) is 13.6. The van der Waals surface area contributed by atoms with Gasteiger partial charge in [0, 0.05) is 26.2 Å². The molecule has 0 fully saturated rings. The van der Waals surface area contributed by atoms with E-state index in [9.17, 15) is 44.1 Å². The number of carbonyl (C=O) groups excluding carboxylic acids is 4. The lowest BCUT2D eigenvalue weighted by Gasteiger charge is -2.30. The number of aliphatic hydroxyl groups is 1. The second-order valence-electron chi connectivity index (χ2n) is 13.6. The zero-order valence-corrected chi connectivity index (χ0v) is 32.4. The number of carboxylic acids is 2. The first-order valence-corrected chi connectivity index (χ1v) is 18.8. The molecule has 0 heterocycles. The van der Waals surface area contributed by atoms with Crippen LogP contribution in [0.15, 0.2) is 36.4 Å². The molecule has 54 heavy (non-hydrogen) atoms. The maximum absolute atomic E-state index is 13.7. The van der Waals surface area contributed by atoms with Crippen molar-refractivity contribution < 1.29 is 58.3 Å². The Morgan fingerprint density at radius 1 is 0.870 bits per heavy atom. The predicted molar refractivity (Wildman–Crippen MR) is 201 cm³/mol. The lowest BCUT2D eigenvalue weighted by Crippen LogP contribution is -2.55. The van der Waals surface area contributed by atoms with Crippen molar-refractivity contribution in [3.05, 3.63) is 42.0 Å². The Morgan fingerprint density at radius 2 is 1.48 bits per heavy atom. The Kier molecular flexibility index (Phi) is 22.9. The number of nitrogens with one attached hydrogen (secondary N) is 1. The quantitative estimate of drug-likeness (QED) is 0.0258. The summed E-state index contributed by atoms with van der Waals surface area (Å²) >= 11 is 0. The molecule has 1 amide bonds. The molecular weight excluding hydrogens is 698 g/mol. The number of hydrogen-bond donors (Lipinski definition) is 4. The maximum Gasteiger partial charge on any atom is 0.337 e. The van der Waals surface area contributed by atoms with Crippen molar-refractivity contribution in [3.8, 4) is 17.6 Å². The van der Waals surface area contributed by atoms with Crippen LogP contribution in [0.1, 0.15) is 124 Å². The zero-order valence-electron chi connectivity index (χ0n) is 32.4. The molecule has 0 saturated heterocycles. The van der Waals surface area contributed by atoms with Crippen LogP contribution in [0, 0.1) is 23.7 Å². The number of carbonyl (C=O) groups is 6. The van der Waals surface area contributed by atoms with Crippen LogP contribution in [0.25, 0.3) is 0 Å². The van der Waals surface area contributed by atoms with Gasteiger partial charge in [-0.3, -0.25) is 19.2 Å². The Labute approximate surface area is 319 Å². The zero-order chi connectivity index (χ0) is 40.5. The Hall–Kier alpha value is -4.70. The normalized spacial score (nSPS) is 13.8. The highest BCUT2D eigenvalue weighted by Crippen LogP contribution is 2.27. The molecule has 1 unspecified atom stereocenters. The van der Waals surface area contributed by atoms with Gasteiger partial charge in [-0.25, -0.2) is 9.59 Å². The molecule has 13 heteroatoms. The summed E-state index contributed by atoms with van der Waals surface area (Å²) < 4.78 is 15.5. The smallest absolute Gasteiger partial charge is 0.337 e. The Bertz CT molecular complexity index is 1440. The maximum atomic E-state index is 13.7. The van der Waals surface area contributed by atoms with Gasteiger partial charge in [-0.05, 0) is 50.3 Å². The minimum absolute atomic E-state index is 0.168. The Balaban J connectivity index is 3.08. The van der Waals surface area contributed by atoms with Gasteiger partial charge in [-0.1, -0.05) is 89.5 Å². The second kappa shape index (κ2) is 26.1. The van der Waals surface area contributed by atoms with E-state index in [2.05, 4.69) is 24.1 Å². The summed E-state index contributed by atoms with van der Waals surface area (Å²) in [5, 5.41) is 33.9. The SMILES string of the molecule is CC#CCOc1ccc(C[C@H](NC(=O)[C@@H](/C=C/CCCCCCC(=O)CCCCCCC)[C@@](O)(CC(=O)OC(C)OC(=O)C(C)C)C(=O)O)C(=O)O)cc1. The summed E-state index contributed by atoms with van der Waals surface area (Å²) in [4.78, 5) is 75.4. The van der Waals surface area contributed by atoms with Gasteiger partial charge in [0.15, 0.2) is 5.60 Å². The van der Waals surface area contributed by atoms with E-state index in [0.29, 0.717) is 37.0 Å². The van der Waals surface area contributed by atoms with Crippen molar-refractivity contribution in [2.24, 2.45) is 11.8 Å². The molecule has 1 rings (SSSR count). The molecule has 4 atom stereocenters. The molecule has 0 spiro atoms. The summed E-state index contributed by atoms with van der Waals surface area (Å²) in [6, 6.07) is 4.90. The number of unbranched alkanes of at least 4 members (excludes halogenated alkanes) is 8. The molecule has 0 aliphatic heterocycles. The third kappa shape index (κ3) is 18.9. The summed E-state index contributed by atoms with van der Waals surface area (Å²) in [6.45, 7) is 8.35. The van der Waals surface area contributed by atoms with Gasteiger partial charge in [0.25, 0.3) is 0 Å². The van der Waals surface area contributed by atoms with Crippen molar-refractivity contribution in [1.29, 1.82) is 0 Å². The lowest BCUT2D eigenvalue weighted by molar-refractivity contribution is -0.193. The number of ketones is 1. The van der Waals surface area contributed by atoms with Crippen LogP contribution >= 0.6 is 0 Å². The number of carboxylic acid groups (broad SMARTS) is 2. The molecule has 0 aromatic heterocycles. The number of benzene rings is 1. The van der Waals surface area contributed by atoms with Crippen LogP contribution in [-0.2, 0) is 44.7 Å². The van der Waals surface area contributed by atoms with E-state index in [1.165, 1.54) is 19.4 Å². The summed E-state index contributed by atoms with van der Waals surface area (Å²) in [6.07, 6.45) is 9.66. The number of ether oxygens (including phenoxy) is 3. The molecule has 0 aliphatic carbocycles. The third-order valence-corrected chi connectivity index (χ3v) is 8.56. The largest absolute Gasteiger partial charge is 0.481 e. The van der Waals surface area contributed by atoms with Crippen molar-refractivity contribution in [3.63, 3.8) is 0 Å². The fraction of sp³-hybridized carbons (Fsp3) is 0.610. The molecule has 1 aromatic carbocycles. The van der Waals surface area contributed by atoms with Gasteiger partial charge < -0.3 is 34.8 Å². The molecule has 300 valence electrons. The number of Topliss-reactive ketones (excluding diaryl/α,β-unsaturated/α-hetero) is 1. The predicted octanol–water partition coefficient (Wildman–Crippen LogP) is 5.94. The van der Waals surface area contributed by atoms with Gasteiger partial charge in [0.1, 0.15) is 24.2 Å². The third-order valence-electron chi connectivity index (χ3n) is 8.56. The summed E-state index contributed by atoms with van der Waals surface area (Å²) in [7, 11) is 0. The van der Waals surface area contributed by atoms with E-state index in [1.807, 2.05) is 0 Å². The first-order chi connectivity index (χ1) is 25.6. The van der Waals surface area contributed by atoms with Crippen LogP contribution < -0.4 is 10.1 Å². The highest BCUT2D eigenvalue weighted by molar-refractivity contribution is 5.95. The van der Waals surface area contributed by atoms with E-state index < -0.39 is 66.0 Å². The van der Waals surface area contributed by atoms with Gasteiger partial charge in [-0.15, -0.1) is 5.92 Å². The van der Waals surface area contributed by atoms with E-state index in [0.717, 1.165) is 51.0 Å². The summed E-state index contributed by atoms with van der Waals surface area (Å²) in [5.41, 5.74) is -2.56. The van der Waals surface area contributed by atoms with Crippen molar-refractivity contribution >= 4 is 35.6 Å². The number of rotatable bonds is 28. The van der Waals surface area contributed by atoms with Crippen molar-refractivity contribution in [2.75, 3.05) is 6.61 Å². The Morgan fingerprint density at radius 3 is 2.04 bits per heavy atom. The minimum Gasteiger partial charge on any atom is -0.481 e. The van der Waals surface area contributed by atoms with Gasteiger partial charge in [-0.2, -0.15) is 0 Å². The van der Waals surface area contributed by atoms with Crippen LogP contribution in [-0.4, -0.2) is 75.4 Å². The molecule has 0 radical (unpaired) electrons. The van der Waals surface area contributed by atoms with E-state index >= 15 is 0 Å². The minimum atomic E-state index is -3.07. The number of esters is 2. The van der Waals surface area contributed by atoms with Crippen molar-refractivity contribution in [1.82, 2.24) is 5.32 Å². The fourth-order valence-corrected chi connectivity index (χ4v) is 5.38. The number of hydrogen-bond acceptors (Lipinski definition) is 10. The molecule has 1 aromatic rings. The topological polar surface area (TPSA) is 203 Å². The first-order valence-electron chi connectivity index (χ1n) is 18.8. The van der Waals surface area contributed by atoms with E-state index in [-0.39, 0.29) is 18.8 Å². The van der Waals surface area contributed by atoms with Crippen LogP contribution in [0.5, 0.6) is 5.75 Å². The molecule has 13 nitrogen and oxygen atoms in total. The summed E-state index contributed by atoms with van der Waals surface area (Å²) in [5.74, 6) is -2.70. The van der Waals surface area contributed by atoms with Crippen LogP contribution in [0.4, 0.5) is 0 Å². The van der Waals surface area contributed by atoms with Crippen LogP contribution in [0.3, 0.4) is 0 Å². The first kappa shape index (κ1) is 47.3. The van der Waals surface area contributed by atoms with Crippen LogP contribution in [0.2, 0.25) is 0 Å². The molecule has 0 bridgehead atoms. The molecule has 4 N–H and O–H groups in total. The monoisotopic (exact) mass is 757 g/mol. The highest BCUT2D eigenvalue weighted by Gasteiger charge is 2.49. The van der Waals surface area contributed by atoms with E-state index in [1.54, 1.807) is 45.0 Å². The molecular formula is C41H59NO12. The number of amides is 1. The van der Waals surface area contributed by atoms with Gasteiger partial charge >= 0.3 is 23.9 Å². The van der Waals surface area contributed by atoms with E-state index in [4.69, 9.17) is 14.2 Å². The molecule has 0 aliphatic rings. The molecule has 0 saturated carbocycles.